The number of hydrogen-bond acceptors (Lipinski definition) is 6. The summed E-state index contributed by atoms with van der Waals surface area (Å²) in [4.78, 5) is 12.2. The molecule has 0 aromatic heterocycles. The number of methoxy groups -OCH3 is 2. The number of nitriles is 1. The molecule has 1 aliphatic rings. The first-order valence-corrected chi connectivity index (χ1v) is 6.53. The molecule has 1 aliphatic heterocycles. The lowest BCUT2D eigenvalue weighted by molar-refractivity contribution is -0.196. The van der Waals surface area contributed by atoms with Gasteiger partial charge in [-0.2, -0.15) is 5.26 Å². The minimum Gasteiger partial charge on any atom is -0.437 e. The molecule has 1 heterocycles. The van der Waals surface area contributed by atoms with Gasteiger partial charge < -0.3 is 18.9 Å². The van der Waals surface area contributed by atoms with E-state index in [1.165, 1.54) is 14.2 Å². The third-order valence-corrected chi connectivity index (χ3v) is 3.42. The quantitative estimate of drug-likeness (QED) is 0.604. The molecule has 0 amide bonds. The molecule has 1 aromatic rings. The summed E-state index contributed by atoms with van der Waals surface area (Å²) in [6, 6.07) is 10.6. The summed E-state index contributed by atoms with van der Waals surface area (Å²) >= 11 is 0. The highest BCUT2D eigenvalue weighted by Gasteiger charge is 2.53. The molecule has 2 atom stereocenters. The second-order valence-electron chi connectivity index (χ2n) is 4.64. The molecule has 0 unspecified atom stereocenters. The highest BCUT2D eigenvalue weighted by molar-refractivity contribution is 5.89. The predicted molar refractivity (Wildman–Crippen MR) is 72.4 cm³/mol. The van der Waals surface area contributed by atoms with Gasteiger partial charge in [-0.3, -0.25) is 0 Å². The van der Waals surface area contributed by atoms with E-state index in [0.29, 0.717) is 12.2 Å². The molecule has 0 aliphatic carbocycles. The number of esters is 1. The molecular formula is C15H17NO5. The van der Waals surface area contributed by atoms with Crippen LogP contribution in [0.1, 0.15) is 16.8 Å². The molecule has 1 fully saturated rings. The third-order valence-electron chi connectivity index (χ3n) is 3.42. The van der Waals surface area contributed by atoms with Gasteiger partial charge >= 0.3 is 5.97 Å². The molecule has 1 aromatic carbocycles. The summed E-state index contributed by atoms with van der Waals surface area (Å²) in [5.41, 5.74) is -1.03. The Bertz CT molecular complexity index is 523. The van der Waals surface area contributed by atoms with Crippen molar-refractivity contribution in [2.24, 2.45) is 0 Å². The number of ether oxygens (including phenoxy) is 4. The van der Waals surface area contributed by atoms with Gasteiger partial charge in [0.1, 0.15) is 6.07 Å². The number of rotatable bonds is 5. The predicted octanol–water partition coefficient (Wildman–Crippen LogP) is 1.51. The van der Waals surface area contributed by atoms with Crippen LogP contribution in [0.5, 0.6) is 0 Å². The summed E-state index contributed by atoms with van der Waals surface area (Å²) < 4.78 is 21.2. The second-order valence-corrected chi connectivity index (χ2v) is 4.64. The van der Waals surface area contributed by atoms with Crippen molar-refractivity contribution in [2.45, 2.75) is 24.4 Å². The van der Waals surface area contributed by atoms with Crippen molar-refractivity contribution in [1.82, 2.24) is 0 Å². The highest BCUT2D eigenvalue weighted by atomic mass is 16.7. The first-order valence-electron chi connectivity index (χ1n) is 6.53. The lowest BCUT2D eigenvalue weighted by atomic mass is 9.96. The van der Waals surface area contributed by atoms with Gasteiger partial charge in [-0.1, -0.05) is 18.2 Å². The van der Waals surface area contributed by atoms with Crippen LogP contribution < -0.4 is 0 Å². The summed E-state index contributed by atoms with van der Waals surface area (Å²) in [5, 5.41) is 9.50. The van der Waals surface area contributed by atoms with E-state index in [2.05, 4.69) is 0 Å². The van der Waals surface area contributed by atoms with Crippen molar-refractivity contribution in [1.29, 1.82) is 5.26 Å². The fourth-order valence-electron chi connectivity index (χ4n) is 2.31. The van der Waals surface area contributed by atoms with E-state index in [9.17, 15) is 10.1 Å². The van der Waals surface area contributed by atoms with Gasteiger partial charge in [-0.15, -0.1) is 0 Å². The van der Waals surface area contributed by atoms with E-state index in [4.69, 9.17) is 18.9 Å². The zero-order chi connectivity index (χ0) is 15.3. The van der Waals surface area contributed by atoms with E-state index >= 15 is 0 Å². The zero-order valence-electron chi connectivity index (χ0n) is 11.9. The highest BCUT2D eigenvalue weighted by Crippen LogP contribution is 2.33. The van der Waals surface area contributed by atoms with E-state index in [1.54, 1.807) is 30.3 Å². The summed E-state index contributed by atoms with van der Waals surface area (Å²) in [5.74, 6) is -0.571. The molecule has 21 heavy (non-hydrogen) atoms. The van der Waals surface area contributed by atoms with E-state index in [0.717, 1.165) is 0 Å². The Hall–Kier alpha value is -1.94. The Morgan fingerprint density at radius 1 is 1.38 bits per heavy atom. The first kappa shape index (κ1) is 15.4. The second kappa shape index (κ2) is 6.68. The molecule has 0 N–H and O–H groups in total. The van der Waals surface area contributed by atoms with Crippen molar-refractivity contribution in [3.8, 4) is 6.07 Å². The van der Waals surface area contributed by atoms with Crippen molar-refractivity contribution in [2.75, 3.05) is 20.8 Å². The number of benzene rings is 1. The van der Waals surface area contributed by atoms with E-state index in [1.807, 2.05) is 6.07 Å². The average Bonchev–Trinajstić information content (AvgIpc) is 2.93. The summed E-state index contributed by atoms with van der Waals surface area (Å²) in [7, 11) is 2.88. The maximum absolute atomic E-state index is 12.2. The fourth-order valence-corrected chi connectivity index (χ4v) is 2.31. The number of hydrogen-bond donors (Lipinski definition) is 0. The normalized spacial score (nSPS) is 24.8. The van der Waals surface area contributed by atoms with Gasteiger partial charge in [0, 0.05) is 20.6 Å². The largest absolute Gasteiger partial charge is 0.437 e. The molecule has 2 rings (SSSR count). The standard InChI is InChI=1S/C15H17NO5/c1-18-14(19-2)12-15(10-16,8-9-20-12)21-13(17)11-6-4-3-5-7-11/h3-7,12,14H,8-9H2,1-2H3/t12-,15-/m0/s1. The molecule has 0 bridgehead atoms. The van der Waals surface area contributed by atoms with Gasteiger partial charge in [0.05, 0.1) is 12.2 Å². The fraction of sp³-hybridized carbons (Fsp3) is 0.467. The van der Waals surface area contributed by atoms with Gasteiger partial charge in [0.2, 0.25) is 5.60 Å². The molecular weight excluding hydrogens is 274 g/mol. The maximum Gasteiger partial charge on any atom is 0.339 e. The topological polar surface area (TPSA) is 77.8 Å². The van der Waals surface area contributed by atoms with Gasteiger partial charge in [0.15, 0.2) is 12.4 Å². The van der Waals surface area contributed by atoms with Crippen molar-refractivity contribution >= 4 is 5.97 Å². The Balaban J connectivity index is 2.21. The van der Waals surface area contributed by atoms with Crippen LogP contribution in [0.2, 0.25) is 0 Å². The monoisotopic (exact) mass is 291 g/mol. The van der Waals surface area contributed by atoms with Crippen LogP contribution in [0.15, 0.2) is 30.3 Å². The molecule has 0 spiro atoms. The average molecular weight is 291 g/mol. The third kappa shape index (κ3) is 3.05. The summed E-state index contributed by atoms with van der Waals surface area (Å²) in [6.45, 7) is 0.295. The SMILES string of the molecule is COC(OC)[C@@H]1OCC[C@@]1(C#N)OC(=O)c1ccccc1. The van der Waals surface area contributed by atoms with Crippen molar-refractivity contribution in [3.05, 3.63) is 35.9 Å². The Kier molecular flexibility index (Phi) is 4.91. The van der Waals surface area contributed by atoms with Crippen LogP contribution >= 0.6 is 0 Å². The minimum atomic E-state index is -1.41. The van der Waals surface area contributed by atoms with Crippen LogP contribution in [0.4, 0.5) is 0 Å². The molecule has 112 valence electrons. The Morgan fingerprint density at radius 2 is 2.05 bits per heavy atom. The lowest BCUT2D eigenvalue weighted by Crippen LogP contribution is -2.49. The van der Waals surface area contributed by atoms with Gasteiger partial charge in [-0.25, -0.2) is 4.79 Å². The van der Waals surface area contributed by atoms with Crippen molar-refractivity contribution in [3.63, 3.8) is 0 Å². The van der Waals surface area contributed by atoms with Crippen LogP contribution in [-0.2, 0) is 18.9 Å². The minimum absolute atomic E-state index is 0.274. The molecule has 0 saturated carbocycles. The Labute approximate surface area is 123 Å². The number of carbonyl (C=O) groups excluding carboxylic acids is 1. The van der Waals surface area contributed by atoms with Gasteiger partial charge in [-0.05, 0) is 12.1 Å². The Morgan fingerprint density at radius 3 is 2.62 bits per heavy atom. The molecule has 6 heteroatoms. The number of carbonyl (C=O) groups is 1. The van der Waals surface area contributed by atoms with E-state index in [-0.39, 0.29) is 6.42 Å². The molecule has 0 radical (unpaired) electrons. The van der Waals surface area contributed by atoms with Gasteiger partial charge in [0.25, 0.3) is 0 Å². The van der Waals surface area contributed by atoms with Crippen molar-refractivity contribution < 1.29 is 23.7 Å². The van der Waals surface area contributed by atoms with Crippen LogP contribution in [0.3, 0.4) is 0 Å². The summed E-state index contributed by atoms with van der Waals surface area (Å²) in [6.07, 6.45) is -1.29. The maximum atomic E-state index is 12.2. The van der Waals surface area contributed by atoms with Crippen LogP contribution in [-0.4, -0.2) is 44.8 Å². The zero-order valence-corrected chi connectivity index (χ0v) is 11.9. The molecule has 1 saturated heterocycles. The number of nitrogens with zero attached hydrogens (tertiary/aromatic N) is 1. The first-order chi connectivity index (χ1) is 10.2. The molecule has 6 nitrogen and oxygen atoms in total. The lowest BCUT2D eigenvalue weighted by Gasteiger charge is -2.30. The van der Waals surface area contributed by atoms with Crippen LogP contribution in [0.25, 0.3) is 0 Å². The smallest absolute Gasteiger partial charge is 0.339 e. The van der Waals surface area contributed by atoms with Crippen LogP contribution in [0, 0.1) is 11.3 Å². The van der Waals surface area contributed by atoms with E-state index < -0.39 is 24.0 Å².